The summed E-state index contributed by atoms with van der Waals surface area (Å²) in [7, 11) is 0. The van der Waals surface area contributed by atoms with Crippen LogP contribution >= 0.6 is 0 Å². The fourth-order valence-electron chi connectivity index (χ4n) is 2.08. The molecule has 1 aliphatic heterocycles. The summed E-state index contributed by atoms with van der Waals surface area (Å²) in [6.45, 7) is 2.66. The highest BCUT2D eigenvalue weighted by Gasteiger charge is 2.22. The Hall–Kier alpha value is -2.16. The van der Waals surface area contributed by atoms with Crippen molar-refractivity contribution in [3.05, 3.63) is 71.0 Å². The van der Waals surface area contributed by atoms with Gasteiger partial charge in [0.1, 0.15) is 11.9 Å². The number of halogens is 1. The van der Waals surface area contributed by atoms with Crippen molar-refractivity contribution in [1.29, 1.82) is 0 Å². The number of nitrogens with zero attached hydrogens (tertiary/aromatic N) is 1. The van der Waals surface area contributed by atoms with Gasteiger partial charge in [-0.3, -0.25) is 0 Å². The number of hydrogen-bond acceptors (Lipinski definition) is 2. The Morgan fingerprint density at radius 2 is 1.74 bits per heavy atom. The summed E-state index contributed by atoms with van der Waals surface area (Å²) in [4.78, 5) is 4.39. The van der Waals surface area contributed by atoms with Crippen LogP contribution in [0.5, 0.6) is 0 Å². The van der Waals surface area contributed by atoms with Crippen molar-refractivity contribution >= 4 is 5.90 Å². The predicted molar refractivity (Wildman–Crippen MR) is 72.8 cm³/mol. The molecule has 1 aliphatic rings. The van der Waals surface area contributed by atoms with Crippen LogP contribution in [0.1, 0.15) is 22.8 Å². The summed E-state index contributed by atoms with van der Waals surface area (Å²) in [5.41, 5.74) is 3.16. The number of rotatable bonds is 2. The number of aryl methyl sites for hydroxylation is 1. The van der Waals surface area contributed by atoms with E-state index in [1.54, 1.807) is 12.1 Å². The van der Waals surface area contributed by atoms with Crippen LogP contribution < -0.4 is 0 Å². The SMILES string of the molecule is Cc1ccc(C2CN=C(c3ccc(F)cc3)O2)cc1. The van der Waals surface area contributed by atoms with E-state index in [1.165, 1.54) is 17.7 Å². The second-order valence-electron chi connectivity index (χ2n) is 4.67. The lowest BCUT2D eigenvalue weighted by atomic mass is 10.1. The van der Waals surface area contributed by atoms with E-state index in [2.05, 4.69) is 36.2 Å². The zero-order chi connectivity index (χ0) is 13.2. The van der Waals surface area contributed by atoms with Crippen molar-refractivity contribution in [3.63, 3.8) is 0 Å². The largest absolute Gasteiger partial charge is 0.467 e. The molecule has 96 valence electrons. The van der Waals surface area contributed by atoms with Crippen LogP contribution in [-0.4, -0.2) is 12.4 Å². The Bertz CT molecular complexity index is 602. The lowest BCUT2D eigenvalue weighted by molar-refractivity contribution is 0.230. The Morgan fingerprint density at radius 3 is 2.42 bits per heavy atom. The highest BCUT2D eigenvalue weighted by molar-refractivity contribution is 5.95. The van der Waals surface area contributed by atoms with Gasteiger partial charge in [0, 0.05) is 5.56 Å². The lowest BCUT2D eigenvalue weighted by Gasteiger charge is -2.11. The molecule has 0 saturated carbocycles. The van der Waals surface area contributed by atoms with Gasteiger partial charge in [-0.2, -0.15) is 0 Å². The van der Waals surface area contributed by atoms with E-state index in [0.717, 1.165) is 11.1 Å². The molecule has 0 aromatic heterocycles. The van der Waals surface area contributed by atoms with Gasteiger partial charge in [-0.05, 0) is 36.8 Å². The maximum atomic E-state index is 12.9. The molecule has 0 fully saturated rings. The zero-order valence-electron chi connectivity index (χ0n) is 10.6. The van der Waals surface area contributed by atoms with E-state index in [1.807, 2.05) is 0 Å². The molecule has 0 aliphatic carbocycles. The van der Waals surface area contributed by atoms with Gasteiger partial charge in [0.2, 0.25) is 5.90 Å². The van der Waals surface area contributed by atoms with Gasteiger partial charge in [-0.15, -0.1) is 0 Å². The normalized spacial score (nSPS) is 18.0. The molecule has 0 saturated heterocycles. The first-order valence-corrected chi connectivity index (χ1v) is 6.26. The monoisotopic (exact) mass is 255 g/mol. The topological polar surface area (TPSA) is 21.6 Å². The van der Waals surface area contributed by atoms with Crippen LogP contribution in [0, 0.1) is 12.7 Å². The molecule has 0 N–H and O–H groups in total. The minimum absolute atomic E-state index is 0.0411. The van der Waals surface area contributed by atoms with E-state index >= 15 is 0 Å². The van der Waals surface area contributed by atoms with Gasteiger partial charge in [-0.25, -0.2) is 9.38 Å². The second kappa shape index (κ2) is 4.84. The van der Waals surface area contributed by atoms with E-state index < -0.39 is 0 Å². The van der Waals surface area contributed by atoms with E-state index in [0.29, 0.717) is 12.4 Å². The molecule has 0 radical (unpaired) electrons. The third kappa shape index (κ3) is 2.50. The lowest BCUT2D eigenvalue weighted by Crippen LogP contribution is -2.06. The van der Waals surface area contributed by atoms with Crippen molar-refractivity contribution in [2.24, 2.45) is 4.99 Å². The van der Waals surface area contributed by atoms with Gasteiger partial charge in [0.15, 0.2) is 0 Å². The second-order valence-corrected chi connectivity index (χ2v) is 4.67. The quantitative estimate of drug-likeness (QED) is 0.802. The Kier molecular flexibility index (Phi) is 3.03. The molecule has 3 heteroatoms. The maximum absolute atomic E-state index is 12.9. The summed E-state index contributed by atoms with van der Waals surface area (Å²) in [6.07, 6.45) is -0.0411. The average molecular weight is 255 g/mol. The first kappa shape index (κ1) is 11.9. The summed E-state index contributed by atoms with van der Waals surface area (Å²) < 4.78 is 18.7. The van der Waals surface area contributed by atoms with Crippen LogP contribution in [0.25, 0.3) is 0 Å². The van der Waals surface area contributed by atoms with Gasteiger partial charge < -0.3 is 4.74 Å². The van der Waals surface area contributed by atoms with E-state index in [4.69, 9.17) is 4.74 Å². The summed E-state index contributed by atoms with van der Waals surface area (Å²) >= 11 is 0. The fraction of sp³-hybridized carbons (Fsp3) is 0.188. The van der Waals surface area contributed by atoms with Crippen molar-refractivity contribution in [2.75, 3.05) is 6.54 Å². The van der Waals surface area contributed by atoms with Crippen LogP contribution in [0.4, 0.5) is 4.39 Å². The smallest absolute Gasteiger partial charge is 0.216 e. The summed E-state index contributed by atoms with van der Waals surface area (Å²) in [6, 6.07) is 14.5. The molecule has 0 spiro atoms. The number of aliphatic imine (C=N–C) groups is 1. The highest BCUT2D eigenvalue weighted by atomic mass is 19.1. The van der Waals surface area contributed by atoms with Gasteiger partial charge in [-0.1, -0.05) is 29.8 Å². The van der Waals surface area contributed by atoms with Crippen LogP contribution in [0.2, 0.25) is 0 Å². The maximum Gasteiger partial charge on any atom is 0.216 e. The predicted octanol–water partition coefficient (Wildman–Crippen LogP) is 3.65. The number of hydrogen-bond donors (Lipinski definition) is 0. The average Bonchev–Trinajstić information content (AvgIpc) is 2.90. The van der Waals surface area contributed by atoms with Crippen LogP contribution in [0.3, 0.4) is 0 Å². The minimum atomic E-state index is -0.252. The molecule has 2 aromatic rings. The third-order valence-corrected chi connectivity index (χ3v) is 3.19. The standard InChI is InChI=1S/C16H14FNO/c1-11-2-4-12(5-3-11)15-10-18-16(19-15)13-6-8-14(17)9-7-13/h2-9,15H,10H2,1H3. The number of ether oxygens (including phenoxy) is 1. The summed E-state index contributed by atoms with van der Waals surface area (Å²) in [5.74, 6) is 0.336. The van der Waals surface area contributed by atoms with Crippen molar-refractivity contribution in [3.8, 4) is 0 Å². The molecule has 1 heterocycles. The van der Waals surface area contributed by atoms with Crippen LogP contribution in [-0.2, 0) is 4.74 Å². The van der Waals surface area contributed by atoms with Crippen LogP contribution in [0.15, 0.2) is 53.5 Å². The molecule has 1 unspecified atom stereocenters. The Labute approximate surface area is 111 Å². The van der Waals surface area contributed by atoms with Gasteiger partial charge in [0.25, 0.3) is 0 Å². The molecule has 0 bridgehead atoms. The Balaban J connectivity index is 1.76. The molecule has 2 nitrogen and oxygen atoms in total. The molecule has 19 heavy (non-hydrogen) atoms. The first-order valence-electron chi connectivity index (χ1n) is 6.26. The fourth-order valence-corrected chi connectivity index (χ4v) is 2.08. The molecular formula is C16H14FNO. The van der Waals surface area contributed by atoms with E-state index in [-0.39, 0.29) is 11.9 Å². The number of benzene rings is 2. The van der Waals surface area contributed by atoms with Crippen molar-refractivity contribution in [1.82, 2.24) is 0 Å². The Morgan fingerprint density at radius 1 is 1.05 bits per heavy atom. The molecule has 3 rings (SSSR count). The molecule has 0 amide bonds. The highest BCUT2D eigenvalue weighted by Crippen LogP contribution is 2.25. The van der Waals surface area contributed by atoms with E-state index in [9.17, 15) is 4.39 Å². The van der Waals surface area contributed by atoms with Gasteiger partial charge >= 0.3 is 0 Å². The third-order valence-electron chi connectivity index (χ3n) is 3.19. The molecule has 2 aromatic carbocycles. The molecular weight excluding hydrogens is 241 g/mol. The van der Waals surface area contributed by atoms with Gasteiger partial charge in [0.05, 0.1) is 6.54 Å². The van der Waals surface area contributed by atoms with Crippen molar-refractivity contribution in [2.45, 2.75) is 13.0 Å². The molecule has 1 atom stereocenters. The first-order chi connectivity index (χ1) is 9.22. The zero-order valence-corrected chi connectivity index (χ0v) is 10.6. The minimum Gasteiger partial charge on any atom is -0.467 e. The summed E-state index contributed by atoms with van der Waals surface area (Å²) in [5, 5.41) is 0. The van der Waals surface area contributed by atoms with Crippen molar-refractivity contribution < 1.29 is 9.13 Å².